The van der Waals surface area contributed by atoms with Crippen molar-refractivity contribution in [2.24, 2.45) is 0 Å². The number of pyridine rings is 1. The van der Waals surface area contributed by atoms with Gasteiger partial charge in [0.1, 0.15) is 11.4 Å². The minimum atomic E-state index is -1.16. The second-order valence-electron chi connectivity index (χ2n) is 3.54. The van der Waals surface area contributed by atoms with E-state index in [2.05, 4.69) is 4.98 Å². The van der Waals surface area contributed by atoms with E-state index >= 15 is 0 Å². The Morgan fingerprint density at radius 1 is 1.37 bits per heavy atom. The smallest absolute Gasteiger partial charge is 0.354 e. The molecular formula is C13H7FN2O3. The first-order valence-corrected chi connectivity index (χ1v) is 5.17. The van der Waals surface area contributed by atoms with Crippen LogP contribution in [0.5, 0.6) is 11.5 Å². The Labute approximate surface area is 107 Å². The Morgan fingerprint density at radius 2 is 2.16 bits per heavy atom. The highest BCUT2D eigenvalue weighted by atomic mass is 19.1. The lowest BCUT2D eigenvalue weighted by Crippen LogP contribution is -1.99. The fourth-order valence-corrected chi connectivity index (χ4v) is 1.35. The van der Waals surface area contributed by atoms with Crippen molar-refractivity contribution >= 4 is 5.97 Å². The van der Waals surface area contributed by atoms with Crippen LogP contribution in [0.15, 0.2) is 36.5 Å². The lowest BCUT2D eigenvalue weighted by Gasteiger charge is -2.06. The van der Waals surface area contributed by atoms with Crippen molar-refractivity contribution < 1.29 is 19.0 Å². The van der Waals surface area contributed by atoms with Crippen molar-refractivity contribution in [3.05, 3.63) is 53.6 Å². The predicted octanol–water partition coefficient (Wildman–Crippen LogP) is 2.58. The SMILES string of the molecule is N#Cc1ccc(Oc2ccc(C(=O)O)nc2)c(F)c1. The third kappa shape index (κ3) is 2.84. The summed E-state index contributed by atoms with van der Waals surface area (Å²) in [4.78, 5) is 14.2. The molecule has 1 N–H and O–H groups in total. The Bertz CT molecular complexity index is 663. The first-order chi connectivity index (χ1) is 9.10. The molecule has 1 aromatic heterocycles. The predicted molar refractivity (Wildman–Crippen MR) is 62.4 cm³/mol. The number of carboxylic acids is 1. The van der Waals surface area contributed by atoms with Crippen molar-refractivity contribution in [2.75, 3.05) is 0 Å². The van der Waals surface area contributed by atoms with Crippen molar-refractivity contribution in [3.63, 3.8) is 0 Å². The highest BCUT2D eigenvalue weighted by Gasteiger charge is 2.08. The molecule has 2 rings (SSSR count). The van der Waals surface area contributed by atoms with E-state index in [0.29, 0.717) is 0 Å². The van der Waals surface area contributed by atoms with Crippen molar-refractivity contribution in [1.29, 1.82) is 5.26 Å². The number of halogens is 1. The number of hydrogen-bond donors (Lipinski definition) is 1. The standard InChI is InChI=1S/C13H7FN2O3/c14-10-5-8(6-15)1-4-12(10)19-9-2-3-11(13(17)18)16-7-9/h1-5,7H,(H,17,18). The summed E-state index contributed by atoms with van der Waals surface area (Å²) in [7, 11) is 0. The normalized spacial score (nSPS) is 9.68. The Balaban J connectivity index is 2.22. The number of rotatable bonds is 3. The molecule has 0 radical (unpaired) electrons. The van der Waals surface area contributed by atoms with E-state index in [1.807, 2.05) is 0 Å². The van der Waals surface area contributed by atoms with Crippen LogP contribution in [0.3, 0.4) is 0 Å². The van der Waals surface area contributed by atoms with E-state index in [4.69, 9.17) is 15.1 Å². The van der Waals surface area contributed by atoms with E-state index in [9.17, 15) is 9.18 Å². The number of ether oxygens (including phenoxy) is 1. The molecule has 2 aromatic rings. The molecule has 94 valence electrons. The molecular weight excluding hydrogens is 251 g/mol. The molecule has 5 nitrogen and oxygen atoms in total. The van der Waals surface area contributed by atoms with E-state index in [1.165, 1.54) is 30.5 Å². The number of nitriles is 1. The first-order valence-electron chi connectivity index (χ1n) is 5.17. The molecule has 0 saturated heterocycles. The molecule has 0 unspecified atom stereocenters. The molecule has 0 amide bonds. The number of carbonyl (C=O) groups is 1. The van der Waals surface area contributed by atoms with Crippen LogP contribution in [0.4, 0.5) is 4.39 Å². The summed E-state index contributed by atoms with van der Waals surface area (Å²) in [5.41, 5.74) is 0.0526. The Hall–Kier alpha value is -2.94. The minimum Gasteiger partial charge on any atom is -0.477 e. The van der Waals surface area contributed by atoms with Crippen LogP contribution in [-0.4, -0.2) is 16.1 Å². The topological polar surface area (TPSA) is 83.2 Å². The largest absolute Gasteiger partial charge is 0.477 e. The summed E-state index contributed by atoms with van der Waals surface area (Å²) < 4.78 is 18.7. The lowest BCUT2D eigenvalue weighted by atomic mass is 10.2. The highest BCUT2D eigenvalue weighted by molar-refractivity contribution is 5.85. The third-order valence-corrected chi connectivity index (χ3v) is 2.24. The minimum absolute atomic E-state index is 0.0659. The summed E-state index contributed by atoms with van der Waals surface area (Å²) in [5.74, 6) is -1.70. The zero-order chi connectivity index (χ0) is 13.8. The van der Waals surface area contributed by atoms with Crippen molar-refractivity contribution in [2.45, 2.75) is 0 Å². The molecule has 0 bridgehead atoms. The number of nitrogens with zero attached hydrogens (tertiary/aromatic N) is 2. The summed E-state index contributed by atoms with van der Waals surface area (Å²) in [6.45, 7) is 0. The first kappa shape index (κ1) is 12.5. The van der Waals surface area contributed by atoms with Gasteiger partial charge in [0, 0.05) is 0 Å². The fraction of sp³-hybridized carbons (Fsp3) is 0. The number of carboxylic acid groups (broad SMARTS) is 1. The van der Waals surface area contributed by atoms with Crippen molar-refractivity contribution in [3.8, 4) is 17.6 Å². The van der Waals surface area contributed by atoms with E-state index in [1.54, 1.807) is 6.07 Å². The van der Waals surface area contributed by atoms with Gasteiger partial charge in [0.2, 0.25) is 0 Å². The maximum absolute atomic E-state index is 13.5. The number of aromatic nitrogens is 1. The van der Waals surface area contributed by atoms with Crippen LogP contribution >= 0.6 is 0 Å². The average Bonchev–Trinajstić information content (AvgIpc) is 2.41. The quantitative estimate of drug-likeness (QED) is 0.914. The lowest BCUT2D eigenvalue weighted by molar-refractivity contribution is 0.0690. The van der Waals surface area contributed by atoms with Crippen LogP contribution in [0.1, 0.15) is 16.1 Å². The van der Waals surface area contributed by atoms with E-state index < -0.39 is 11.8 Å². The second-order valence-corrected chi connectivity index (χ2v) is 3.54. The Morgan fingerprint density at radius 3 is 2.68 bits per heavy atom. The summed E-state index contributed by atoms with van der Waals surface area (Å²) in [5, 5.41) is 17.3. The van der Waals surface area contributed by atoms with Gasteiger partial charge in [0.25, 0.3) is 0 Å². The maximum atomic E-state index is 13.5. The number of hydrogen-bond acceptors (Lipinski definition) is 4. The fourth-order valence-electron chi connectivity index (χ4n) is 1.35. The molecule has 6 heteroatoms. The van der Waals surface area contributed by atoms with Gasteiger partial charge in [-0.25, -0.2) is 14.2 Å². The molecule has 0 spiro atoms. The zero-order valence-electron chi connectivity index (χ0n) is 9.50. The van der Waals surface area contributed by atoms with Gasteiger partial charge in [-0.3, -0.25) is 0 Å². The molecule has 0 aliphatic carbocycles. The van der Waals surface area contributed by atoms with Gasteiger partial charge in [-0.2, -0.15) is 5.26 Å². The summed E-state index contributed by atoms with van der Waals surface area (Å²) in [6.07, 6.45) is 1.18. The molecule has 1 aromatic carbocycles. The third-order valence-electron chi connectivity index (χ3n) is 2.24. The van der Waals surface area contributed by atoms with Gasteiger partial charge in [-0.15, -0.1) is 0 Å². The van der Waals surface area contributed by atoms with E-state index in [0.717, 1.165) is 6.07 Å². The van der Waals surface area contributed by atoms with Crippen LogP contribution < -0.4 is 4.74 Å². The molecule has 0 saturated carbocycles. The highest BCUT2D eigenvalue weighted by Crippen LogP contribution is 2.24. The summed E-state index contributed by atoms with van der Waals surface area (Å²) >= 11 is 0. The van der Waals surface area contributed by atoms with Gasteiger partial charge < -0.3 is 9.84 Å². The van der Waals surface area contributed by atoms with Crippen molar-refractivity contribution in [1.82, 2.24) is 4.98 Å². The molecule has 0 fully saturated rings. The number of aromatic carboxylic acids is 1. The van der Waals surface area contributed by atoms with Crippen LogP contribution in [0.25, 0.3) is 0 Å². The van der Waals surface area contributed by atoms with Crippen LogP contribution in [0, 0.1) is 17.1 Å². The van der Waals surface area contributed by atoms with Crippen LogP contribution in [0.2, 0.25) is 0 Å². The molecule has 0 atom stereocenters. The maximum Gasteiger partial charge on any atom is 0.354 e. The van der Waals surface area contributed by atoms with Gasteiger partial charge in [0.15, 0.2) is 11.6 Å². The van der Waals surface area contributed by atoms with Gasteiger partial charge in [0.05, 0.1) is 17.8 Å². The molecule has 1 heterocycles. The van der Waals surface area contributed by atoms with E-state index in [-0.39, 0.29) is 22.8 Å². The molecule has 0 aliphatic rings. The number of benzene rings is 1. The molecule has 19 heavy (non-hydrogen) atoms. The summed E-state index contributed by atoms with van der Waals surface area (Å²) in [6, 6.07) is 8.21. The average molecular weight is 258 g/mol. The molecule has 0 aliphatic heterocycles. The van der Waals surface area contributed by atoms with Crippen LogP contribution in [-0.2, 0) is 0 Å². The Kier molecular flexibility index (Phi) is 3.39. The zero-order valence-corrected chi connectivity index (χ0v) is 9.50. The monoisotopic (exact) mass is 258 g/mol. The van der Waals surface area contributed by atoms with Gasteiger partial charge >= 0.3 is 5.97 Å². The second kappa shape index (κ2) is 5.14. The van der Waals surface area contributed by atoms with Gasteiger partial charge in [-0.1, -0.05) is 0 Å². The van der Waals surface area contributed by atoms with Gasteiger partial charge in [-0.05, 0) is 30.3 Å².